The average Bonchev–Trinajstić information content (AvgIpc) is 3.47. The molecule has 1 aromatic heterocycles. The summed E-state index contributed by atoms with van der Waals surface area (Å²) in [6, 6.07) is 9.26. The third-order valence-electron chi connectivity index (χ3n) is 5.67. The van der Waals surface area contributed by atoms with E-state index in [9.17, 15) is 9.59 Å². The third-order valence-corrected chi connectivity index (χ3v) is 5.67. The Bertz CT molecular complexity index is 931. The summed E-state index contributed by atoms with van der Waals surface area (Å²) in [5.74, 6) is 1.83. The smallest absolute Gasteiger partial charge is 0.227 e. The summed E-state index contributed by atoms with van der Waals surface area (Å²) < 4.78 is 5.23. The minimum Gasteiger partial charge on any atom is -0.497 e. The van der Waals surface area contributed by atoms with Crippen LogP contribution in [0.15, 0.2) is 36.7 Å². The van der Waals surface area contributed by atoms with Crippen molar-refractivity contribution < 1.29 is 14.3 Å². The Labute approximate surface area is 181 Å². The number of nitrogens with zero attached hydrogens (tertiary/aromatic N) is 4. The van der Waals surface area contributed by atoms with Crippen LogP contribution >= 0.6 is 0 Å². The zero-order valence-corrected chi connectivity index (χ0v) is 17.7. The van der Waals surface area contributed by atoms with Gasteiger partial charge in [0.2, 0.25) is 11.8 Å². The van der Waals surface area contributed by atoms with E-state index in [0.29, 0.717) is 25.4 Å². The molecule has 1 atom stereocenters. The van der Waals surface area contributed by atoms with Crippen LogP contribution in [-0.2, 0) is 9.59 Å². The van der Waals surface area contributed by atoms with E-state index in [2.05, 4.69) is 25.5 Å². The van der Waals surface area contributed by atoms with Gasteiger partial charge in [-0.2, -0.15) is 0 Å². The van der Waals surface area contributed by atoms with Crippen LogP contribution in [0.25, 0.3) is 0 Å². The molecule has 0 aliphatic carbocycles. The van der Waals surface area contributed by atoms with Crippen LogP contribution in [0, 0.1) is 5.92 Å². The molecule has 2 fully saturated rings. The van der Waals surface area contributed by atoms with E-state index in [1.54, 1.807) is 24.4 Å². The lowest BCUT2D eigenvalue weighted by Gasteiger charge is -2.18. The zero-order valence-electron chi connectivity index (χ0n) is 17.7. The number of anilines is 3. The predicted molar refractivity (Wildman–Crippen MR) is 118 cm³/mol. The number of carbonyl (C=O) groups excluding carboxylic acids is 2. The number of benzene rings is 1. The van der Waals surface area contributed by atoms with Gasteiger partial charge in [-0.1, -0.05) is 6.07 Å². The van der Waals surface area contributed by atoms with Crippen LogP contribution < -0.4 is 25.2 Å². The molecule has 1 aromatic carbocycles. The fraction of sp³-hybridized carbons (Fsp3) is 0.455. The molecule has 2 aromatic rings. The van der Waals surface area contributed by atoms with Crippen LogP contribution in [-0.4, -0.2) is 61.6 Å². The second-order valence-corrected chi connectivity index (χ2v) is 7.78. The van der Waals surface area contributed by atoms with E-state index < -0.39 is 0 Å². The molecular weight excluding hydrogens is 396 g/mol. The van der Waals surface area contributed by atoms with Crippen molar-refractivity contribution in [3.63, 3.8) is 0 Å². The van der Waals surface area contributed by atoms with Crippen molar-refractivity contribution in [2.75, 3.05) is 55.0 Å². The maximum absolute atomic E-state index is 12.6. The number of methoxy groups -OCH3 is 1. The van der Waals surface area contributed by atoms with Crippen LogP contribution in [0.3, 0.4) is 0 Å². The summed E-state index contributed by atoms with van der Waals surface area (Å²) >= 11 is 0. The highest BCUT2D eigenvalue weighted by atomic mass is 16.5. The maximum atomic E-state index is 12.6. The number of nitrogens with one attached hydrogen (secondary N) is 2. The zero-order chi connectivity index (χ0) is 21.6. The monoisotopic (exact) mass is 424 g/mol. The Morgan fingerprint density at radius 1 is 1.19 bits per heavy atom. The molecule has 9 nitrogen and oxygen atoms in total. The molecule has 2 N–H and O–H groups in total. The van der Waals surface area contributed by atoms with E-state index in [1.165, 1.54) is 12.8 Å². The van der Waals surface area contributed by atoms with Crippen molar-refractivity contribution in [1.82, 2.24) is 15.3 Å². The summed E-state index contributed by atoms with van der Waals surface area (Å²) in [6.07, 6.45) is 4.16. The summed E-state index contributed by atoms with van der Waals surface area (Å²) in [5.41, 5.74) is 0.749. The minimum atomic E-state index is -0.362. The van der Waals surface area contributed by atoms with E-state index >= 15 is 0 Å². The standard InChI is InChI=1S/C22H28N6O3/c1-31-18-6-4-5-17(12-18)28-14-16(11-21(28)29)22(30)24-8-7-23-19-13-20(26-15-25-19)27-9-2-3-10-27/h4-6,12-13,15-16H,2-3,7-11,14H2,1H3,(H,24,30)(H,23,25,26). The molecule has 0 spiro atoms. The molecule has 0 saturated carbocycles. The molecule has 2 saturated heterocycles. The maximum Gasteiger partial charge on any atom is 0.227 e. The Morgan fingerprint density at radius 2 is 2.03 bits per heavy atom. The van der Waals surface area contributed by atoms with Crippen LogP contribution in [0.2, 0.25) is 0 Å². The molecule has 2 aliphatic heterocycles. The van der Waals surface area contributed by atoms with Crippen molar-refractivity contribution in [1.29, 1.82) is 0 Å². The number of hydrogen-bond donors (Lipinski definition) is 2. The second kappa shape index (κ2) is 9.63. The summed E-state index contributed by atoms with van der Waals surface area (Å²) in [6.45, 7) is 3.42. The molecule has 0 radical (unpaired) electrons. The van der Waals surface area contributed by atoms with E-state index in [-0.39, 0.29) is 24.2 Å². The van der Waals surface area contributed by atoms with Gasteiger partial charge in [0.1, 0.15) is 23.7 Å². The first-order valence-electron chi connectivity index (χ1n) is 10.7. The van der Waals surface area contributed by atoms with Gasteiger partial charge in [0.05, 0.1) is 13.0 Å². The summed E-state index contributed by atoms with van der Waals surface area (Å²) in [5, 5.41) is 6.15. The molecular formula is C22H28N6O3. The first-order chi connectivity index (χ1) is 15.1. The van der Waals surface area contributed by atoms with Gasteiger partial charge in [-0.15, -0.1) is 0 Å². The van der Waals surface area contributed by atoms with Gasteiger partial charge in [-0.25, -0.2) is 9.97 Å². The molecule has 164 valence electrons. The lowest BCUT2D eigenvalue weighted by atomic mass is 10.1. The van der Waals surface area contributed by atoms with Crippen LogP contribution in [0.1, 0.15) is 19.3 Å². The molecule has 1 unspecified atom stereocenters. The highest BCUT2D eigenvalue weighted by molar-refractivity contribution is 6.00. The fourth-order valence-corrected chi connectivity index (χ4v) is 3.99. The van der Waals surface area contributed by atoms with Crippen molar-refractivity contribution >= 4 is 29.1 Å². The topological polar surface area (TPSA) is 99.7 Å². The van der Waals surface area contributed by atoms with Gasteiger partial charge in [-0.3, -0.25) is 9.59 Å². The van der Waals surface area contributed by atoms with Gasteiger partial charge < -0.3 is 25.2 Å². The quantitative estimate of drug-likeness (QED) is 0.622. The van der Waals surface area contributed by atoms with E-state index in [0.717, 1.165) is 30.4 Å². The van der Waals surface area contributed by atoms with Crippen molar-refractivity contribution in [3.05, 3.63) is 36.7 Å². The SMILES string of the molecule is COc1cccc(N2CC(C(=O)NCCNc3cc(N4CCCC4)ncn3)CC2=O)c1. The number of carbonyl (C=O) groups is 2. The first kappa shape index (κ1) is 20.9. The Balaban J connectivity index is 1.24. The number of amides is 2. The van der Waals surface area contributed by atoms with Gasteiger partial charge in [0.15, 0.2) is 0 Å². The van der Waals surface area contributed by atoms with E-state index in [4.69, 9.17) is 4.74 Å². The highest BCUT2D eigenvalue weighted by Crippen LogP contribution is 2.28. The highest BCUT2D eigenvalue weighted by Gasteiger charge is 2.35. The lowest BCUT2D eigenvalue weighted by Crippen LogP contribution is -2.35. The third kappa shape index (κ3) is 5.04. The number of aromatic nitrogens is 2. The Hall–Kier alpha value is -3.36. The fourth-order valence-electron chi connectivity index (χ4n) is 3.99. The number of hydrogen-bond acceptors (Lipinski definition) is 7. The molecule has 2 aliphatic rings. The van der Waals surface area contributed by atoms with Crippen LogP contribution in [0.4, 0.5) is 17.3 Å². The molecule has 31 heavy (non-hydrogen) atoms. The Morgan fingerprint density at radius 3 is 2.84 bits per heavy atom. The minimum absolute atomic E-state index is 0.0537. The molecule has 2 amide bonds. The van der Waals surface area contributed by atoms with Gasteiger partial charge in [-0.05, 0) is 25.0 Å². The second-order valence-electron chi connectivity index (χ2n) is 7.78. The van der Waals surface area contributed by atoms with Crippen molar-refractivity contribution in [3.8, 4) is 5.75 Å². The van der Waals surface area contributed by atoms with Crippen molar-refractivity contribution in [2.24, 2.45) is 5.92 Å². The molecule has 9 heteroatoms. The lowest BCUT2D eigenvalue weighted by molar-refractivity contribution is -0.126. The molecule has 4 rings (SSSR count). The number of ether oxygens (including phenoxy) is 1. The Kier molecular flexibility index (Phi) is 6.49. The average molecular weight is 425 g/mol. The molecule has 0 bridgehead atoms. The van der Waals surface area contributed by atoms with Gasteiger partial charge in [0, 0.05) is 57.0 Å². The van der Waals surface area contributed by atoms with Crippen molar-refractivity contribution in [2.45, 2.75) is 19.3 Å². The molecule has 3 heterocycles. The van der Waals surface area contributed by atoms with Crippen LogP contribution in [0.5, 0.6) is 5.75 Å². The largest absolute Gasteiger partial charge is 0.497 e. The first-order valence-corrected chi connectivity index (χ1v) is 10.7. The summed E-state index contributed by atoms with van der Waals surface area (Å²) in [4.78, 5) is 37.5. The van der Waals surface area contributed by atoms with Gasteiger partial charge in [0.25, 0.3) is 0 Å². The van der Waals surface area contributed by atoms with E-state index in [1.807, 2.05) is 24.3 Å². The number of rotatable bonds is 8. The summed E-state index contributed by atoms with van der Waals surface area (Å²) in [7, 11) is 1.59. The normalized spacial score (nSPS) is 18.4. The van der Waals surface area contributed by atoms with Gasteiger partial charge >= 0.3 is 0 Å². The predicted octanol–water partition coefficient (Wildman–Crippen LogP) is 1.67.